The predicted molar refractivity (Wildman–Crippen MR) is 76.7 cm³/mol. The van der Waals surface area contributed by atoms with Crippen LogP contribution in [0, 0.1) is 6.92 Å². The summed E-state index contributed by atoms with van der Waals surface area (Å²) in [6, 6.07) is 5.03. The number of rotatable bonds is 3. The van der Waals surface area contributed by atoms with Gasteiger partial charge in [-0.15, -0.1) is 12.4 Å². The molecule has 19 heavy (non-hydrogen) atoms. The van der Waals surface area contributed by atoms with Crippen molar-refractivity contribution in [2.24, 2.45) is 5.73 Å². The largest absolute Gasteiger partial charge is 0.465 e. The number of nitrogens with one attached hydrogen (secondary N) is 1. The zero-order valence-corrected chi connectivity index (χ0v) is 12.3. The first-order valence-corrected chi connectivity index (χ1v) is 5.55. The first-order valence-electron chi connectivity index (χ1n) is 5.55. The summed E-state index contributed by atoms with van der Waals surface area (Å²) in [6.45, 7) is 5.01. The zero-order valence-electron chi connectivity index (χ0n) is 11.4. The molecule has 0 aliphatic heterocycles. The Labute approximate surface area is 118 Å². The summed E-state index contributed by atoms with van der Waals surface area (Å²) in [5, 5.41) is 2.66. The second kappa shape index (κ2) is 6.54. The number of amides is 1. The van der Waals surface area contributed by atoms with Gasteiger partial charge in [-0.1, -0.05) is 6.07 Å². The highest BCUT2D eigenvalue weighted by Gasteiger charge is 2.22. The van der Waals surface area contributed by atoms with Gasteiger partial charge in [-0.2, -0.15) is 0 Å². The lowest BCUT2D eigenvalue weighted by Gasteiger charge is -2.18. The molecule has 0 aliphatic rings. The number of esters is 1. The van der Waals surface area contributed by atoms with E-state index in [0.29, 0.717) is 11.3 Å². The number of carbonyl (C=O) groups is 2. The van der Waals surface area contributed by atoms with E-state index in [1.54, 1.807) is 39.0 Å². The van der Waals surface area contributed by atoms with Crippen LogP contribution in [0.3, 0.4) is 0 Å². The summed E-state index contributed by atoms with van der Waals surface area (Å²) >= 11 is 0. The van der Waals surface area contributed by atoms with Gasteiger partial charge < -0.3 is 15.8 Å². The zero-order chi connectivity index (χ0) is 13.9. The van der Waals surface area contributed by atoms with E-state index in [1.165, 1.54) is 7.11 Å². The van der Waals surface area contributed by atoms with E-state index in [2.05, 4.69) is 10.1 Å². The molecule has 0 atom stereocenters. The molecule has 1 aromatic rings. The van der Waals surface area contributed by atoms with Gasteiger partial charge >= 0.3 is 5.97 Å². The molecule has 0 heterocycles. The molecule has 1 aromatic carbocycles. The lowest BCUT2D eigenvalue weighted by molar-refractivity contribution is -0.120. The Morgan fingerprint density at radius 1 is 1.32 bits per heavy atom. The first kappa shape index (κ1) is 17.4. The number of hydrogen-bond acceptors (Lipinski definition) is 4. The number of nitrogens with two attached hydrogens (primary N) is 1. The van der Waals surface area contributed by atoms with Gasteiger partial charge in [0.05, 0.1) is 18.2 Å². The minimum atomic E-state index is -0.976. The van der Waals surface area contributed by atoms with Gasteiger partial charge in [0, 0.05) is 5.69 Å². The van der Waals surface area contributed by atoms with Crippen molar-refractivity contribution in [2.45, 2.75) is 26.3 Å². The number of halogens is 1. The van der Waals surface area contributed by atoms with Crippen LogP contribution in [-0.4, -0.2) is 24.5 Å². The van der Waals surface area contributed by atoms with Crippen molar-refractivity contribution < 1.29 is 14.3 Å². The lowest BCUT2D eigenvalue weighted by atomic mass is 10.0. The molecule has 1 amide bonds. The number of hydrogen-bond donors (Lipinski definition) is 2. The van der Waals surface area contributed by atoms with E-state index >= 15 is 0 Å². The molecule has 0 unspecified atom stereocenters. The Morgan fingerprint density at radius 2 is 1.89 bits per heavy atom. The highest BCUT2D eigenvalue weighted by atomic mass is 35.5. The highest BCUT2D eigenvalue weighted by molar-refractivity contribution is 5.99. The third kappa shape index (κ3) is 4.54. The van der Waals surface area contributed by atoms with Crippen molar-refractivity contribution in [3.05, 3.63) is 29.3 Å². The standard InChI is InChI=1S/C13H18N2O3.ClH/c1-8-5-6-9(7-10(8)11(16)18-4)15-12(17)13(2,3)14;/h5-7H,14H2,1-4H3,(H,15,17);1H. The molecular formula is C13H19ClN2O3. The Balaban J connectivity index is 0.00000324. The van der Waals surface area contributed by atoms with Crippen LogP contribution in [0.15, 0.2) is 18.2 Å². The number of methoxy groups -OCH3 is 1. The van der Waals surface area contributed by atoms with E-state index in [4.69, 9.17) is 5.73 Å². The van der Waals surface area contributed by atoms with Crippen molar-refractivity contribution >= 4 is 30.0 Å². The third-order valence-corrected chi connectivity index (χ3v) is 2.49. The Hall–Kier alpha value is -1.59. The monoisotopic (exact) mass is 286 g/mol. The fourth-order valence-electron chi connectivity index (χ4n) is 1.32. The van der Waals surface area contributed by atoms with Crippen LogP contribution in [0.1, 0.15) is 29.8 Å². The molecule has 5 nitrogen and oxygen atoms in total. The second-order valence-corrected chi connectivity index (χ2v) is 4.70. The fraction of sp³-hybridized carbons (Fsp3) is 0.385. The molecule has 1 rings (SSSR count). The molecule has 0 spiro atoms. The first-order chi connectivity index (χ1) is 8.25. The van der Waals surface area contributed by atoms with E-state index in [9.17, 15) is 9.59 Å². The molecule has 0 aliphatic carbocycles. The van der Waals surface area contributed by atoms with Gasteiger partial charge in [0.1, 0.15) is 0 Å². The summed E-state index contributed by atoms with van der Waals surface area (Å²) in [5.74, 6) is -0.752. The van der Waals surface area contributed by atoms with E-state index in [-0.39, 0.29) is 18.3 Å². The molecule has 0 fully saturated rings. The van der Waals surface area contributed by atoms with Gasteiger partial charge in [0.2, 0.25) is 5.91 Å². The molecule has 6 heteroatoms. The maximum atomic E-state index is 11.7. The van der Waals surface area contributed by atoms with Crippen LogP contribution in [0.2, 0.25) is 0 Å². The van der Waals surface area contributed by atoms with Crippen molar-refractivity contribution in [1.82, 2.24) is 0 Å². The minimum Gasteiger partial charge on any atom is -0.465 e. The van der Waals surface area contributed by atoms with Crippen LogP contribution in [-0.2, 0) is 9.53 Å². The molecule has 0 bridgehead atoms. The van der Waals surface area contributed by atoms with Crippen molar-refractivity contribution in [3.63, 3.8) is 0 Å². The van der Waals surface area contributed by atoms with E-state index < -0.39 is 11.5 Å². The number of ether oxygens (including phenoxy) is 1. The van der Waals surface area contributed by atoms with Crippen molar-refractivity contribution in [1.29, 1.82) is 0 Å². The quantitative estimate of drug-likeness (QED) is 0.831. The Morgan fingerprint density at radius 3 is 2.37 bits per heavy atom. The SMILES string of the molecule is COC(=O)c1cc(NC(=O)C(C)(C)N)ccc1C.Cl. The molecule has 0 radical (unpaired) electrons. The van der Waals surface area contributed by atoms with Crippen LogP contribution in [0.25, 0.3) is 0 Å². The summed E-state index contributed by atoms with van der Waals surface area (Å²) in [6.07, 6.45) is 0. The summed E-state index contributed by atoms with van der Waals surface area (Å²) in [4.78, 5) is 23.2. The van der Waals surface area contributed by atoms with Crippen LogP contribution < -0.4 is 11.1 Å². The van der Waals surface area contributed by atoms with Crippen molar-refractivity contribution in [2.75, 3.05) is 12.4 Å². The maximum Gasteiger partial charge on any atom is 0.338 e. The molecule has 106 valence electrons. The van der Waals surface area contributed by atoms with Crippen LogP contribution >= 0.6 is 12.4 Å². The third-order valence-electron chi connectivity index (χ3n) is 2.49. The Bertz CT molecular complexity index is 481. The van der Waals surface area contributed by atoms with Gasteiger partial charge in [-0.3, -0.25) is 4.79 Å². The fourth-order valence-corrected chi connectivity index (χ4v) is 1.32. The Kier molecular flexibility index (Phi) is 5.99. The van der Waals surface area contributed by atoms with Gasteiger partial charge in [0.25, 0.3) is 0 Å². The number of carbonyl (C=O) groups excluding carboxylic acids is 2. The summed E-state index contributed by atoms with van der Waals surface area (Å²) in [7, 11) is 1.32. The van der Waals surface area contributed by atoms with Gasteiger partial charge in [-0.25, -0.2) is 4.79 Å². The van der Waals surface area contributed by atoms with Crippen LogP contribution in [0.5, 0.6) is 0 Å². The number of anilines is 1. The summed E-state index contributed by atoms with van der Waals surface area (Å²) < 4.78 is 4.67. The molecular weight excluding hydrogens is 268 g/mol. The molecule has 0 aromatic heterocycles. The topological polar surface area (TPSA) is 81.4 Å². The number of aryl methyl sites for hydroxylation is 1. The van der Waals surface area contributed by atoms with Crippen molar-refractivity contribution in [3.8, 4) is 0 Å². The molecule has 0 saturated heterocycles. The smallest absolute Gasteiger partial charge is 0.338 e. The molecule has 3 N–H and O–H groups in total. The second-order valence-electron chi connectivity index (χ2n) is 4.70. The normalized spacial score (nSPS) is 10.4. The molecule has 0 saturated carbocycles. The average molecular weight is 287 g/mol. The maximum absolute atomic E-state index is 11.7. The lowest BCUT2D eigenvalue weighted by Crippen LogP contribution is -2.45. The number of benzene rings is 1. The van der Waals surface area contributed by atoms with Crippen LogP contribution in [0.4, 0.5) is 5.69 Å². The van der Waals surface area contributed by atoms with Gasteiger partial charge in [0.15, 0.2) is 0 Å². The predicted octanol–water partition coefficient (Wildman–Crippen LogP) is 1.88. The van der Waals surface area contributed by atoms with E-state index in [0.717, 1.165) is 5.56 Å². The van der Waals surface area contributed by atoms with Gasteiger partial charge in [-0.05, 0) is 38.5 Å². The van der Waals surface area contributed by atoms with E-state index in [1.807, 2.05) is 0 Å². The summed E-state index contributed by atoms with van der Waals surface area (Å²) in [5.41, 5.74) is 6.42. The highest BCUT2D eigenvalue weighted by Crippen LogP contribution is 2.17. The minimum absolute atomic E-state index is 0. The average Bonchev–Trinajstić information content (AvgIpc) is 2.29.